The first-order valence-electron chi connectivity index (χ1n) is 10.1. The van der Waals surface area contributed by atoms with Gasteiger partial charge in [0.2, 0.25) is 0 Å². The fourth-order valence-corrected chi connectivity index (χ4v) is 4.23. The number of nitrogens with one attached hydrogen (secondary N) is 2. The van der Waals surface area contributed by atoms with Gasteiger partial charge in [-0.15, -0.1) is 0 Å². The van der Waals surface area contributed by atoms with E-state index in [4.69, 9.17) is 9.47 Å². The molecule has 2 N–H and O–H groups in total. The van der Waals surface area contributed by atoms with Crippen LogP contribution in [-0.2, 0) is 6.54 Å². The summed E-state index contributed by atoms with van der Waals surface area (Å²) in [6.45, 7) is 2.15. The number of carbonyl (C=O) groups excluding carboxylic acids is 1. The average molecular weight is 407 g/mol. The molecule has 0 atom stereocenters. The number of aromatic amines is 1. The number of nitrogens with zero attached hydrogens (tertiary/aromatic N) is 1. The standard InChI is InChI=1S/C22H21N3O5/c1-2-25-16-7-5-13(11-15(16)24-20(27)21(25)28)19(26)23-14-6-8-17-18(12-14)30-22(29-17)9-3-4-10-22/h5-8,11-12H,2-4,9-10H2,1H3,(H,23,26)(H,24,27). The number of amides is 1. The summed E-state index contributed by atoms with van der Waals surface area (Å²) in [6.07, 6.45) is 3.88. The number of rotatable bonds is 3. The van der Waals surface area contributed by atoms with E-state index in [1.54, 1.807) is 43.3 Å². The van der Waals surface area contributed by atoms with Crippen molar-refractivity contribution in [3.05, 3.63) is 62.7 Å². The number of ether oxygens (including phenoxy) is 2. The molecule has 0 unspecified atom stereocenters. The van der Waals surface area contributed by atoms with Crippen LogP contribution in [0.2, 0.25) is 0 Å². The predicted molar refractivity (Wildman–Crippen MR) is 111 cm³/mol. The van der Waals surface area contributed by atoms with Gasteiger partial charge in [-0.05, 0) is 50.1 Å². The molecule has 1 saturated carbocycles. The van der Waals surface area contributed by atoms with E-state index < -0.39 is 16.9 Å². The van der Waals surface area contributed by atoms with Crippen molar-refractivity contribution in [1.29, 1.82) is 0 Å². The molecule has 8 nitrogen and oxygen atoms in total. The molecule has 1 spiro atoms. The summed E-state index contributed by atoms with van der Waals surface area (Å²) in [7, 11) is 0. The molecule has 1 amide bonds. The van der Waals surface area contributed by atoms with E-state index in [9.17, 15) is 14.4 Å². The van der Waals surface area contributed by atoms with Gasteiger partial charge < -0.3 is 24.3 Å². The minimum absolute atomic E-state index is 0.332. The van der Waals surface area contributed by atoms with Crippen LogP contribution in [0, 0.1) is 0 Å². The van der Waals surface area contributed by atoms with Gasteiger partial charge >= 0.3 is 11.1 Å². The SMILES string of the molecule is CCn1c(=O)c(=O)[nH]c2cc(C(=O)Nc3ccc4c(c3)OC3(CCCC3)O4)ccc21. The van der Waals surface area contributed by atoms with Crippen molar-refractivity contribution in [2.45, 2.75) is 44.9 Å². The molecule has 2 heterocycles. The predicted octanol–water partition coefficient (Wildman–Crippen LogP) is 3.00. The van der Waals surface area contributed by atoms with Crippen molar-refractivity contribution in [2.24, 2.45) is 0 Å². The molecule has 1 aromatic heterocycles. The minimum Gasteiger partial charge on any atom is -0.448 e. The Bertz CT molecular complexity index is 1280. The highest BCUT2D eigenvalue weighted by atomic mass is 16.7. The van der Waals surface area contributed by atoms with Gasteiger partial charge in [-0.2, -0.15) is 0 Å². The van der Waals surface area contributed by atoms with Crippen molar-refractivity contribution >= 4 is 22.6 Å². The molecule has 8 heteroatoms. The fourth-order valence-electron chi connectivity index (χ4n) is 4.23. The van der Waals surface area contributed by atoms with Crippen LogP contribution < -0.4 is 25.9 Å². The van der Waals surface area contributed by atoms with Crippen LogP contribution in [0.15, 0.2) is 46.0 Å². The molecule has 0 bridgehead atoms. The van der Waals surface area contributed by atoms with Gasteiger partial charge in [-0.3, -0.25) is 14.4 Å². The van der Waals surface area contributed by atoms with Crippen LogP contribution >= 0.6 is 0 Å². The van der Waals surface area contributed by atoms with Gasteiger partial charge in [-0.25, -0.2) is 0 Å². The molecule has 1 aliphatic heterocycles. The van der Waals surface area contributed by atoms with Crippen LogP contribution in [0.25, 0.3) is 11.0 Å². The van der Waals surface area contributed by atoms with Crippen molar-refractivity contribution < 1.29 is 14.3 Å². The number of anilines is 1. The van der Waals surface area contributed by atoms with Crippen LogP contribution in [-0.4, -0.2) is 21.2 Å². The molecule has 0 radical (unpaired) electrons. The lowest BCUT2D eigenvalue weighted by atomic mass is 10.1. The first kappa shape index (κ1) is 18.5. The van der Waals surface area contributed by atoms with Crippen LogP contribution in [0.3, 0.4) is 0 Å². The van der Waals surface area contributed by atoms with Crippen LogP contribution in [0.5, 0.6) is 11.5 Å². The second-order valence-electron chi connectivity index (χ2n) is 7.67. The number of aromatic nitrogens is 2. The normalized spacial score (nSPS) is 16.3. The lowest BCUT2D eigenvalue weighted by molar-refractivity contribution is -0.0716. The third kappa shape index (κ3) is 2.96. The molecular weight excluding hydrogens is 386 g/mol. The highest BCUT2D eigenvalue weighted by Gasteiger charge is 2.44. The largest absolute Gasteiger partial charge is 0.448 e. The van der Waals surface area contributed by atoms with E-state index in [-0.39, 0.29) is 5.91 Å². The van der Waals surface area contributed by atoms with Gasteiger partial charge in [0.15, 0.2) is 11.5 Å². The number of H-pyrrole nitrogens is 1. The van der Waals surface area contributed by atoms with E-state index in [1.807, 2.05) is 0 Å². The van der Waals surface area contributed by atoms with Crippen molar-refractivity contribution in [3.8, 4) is 11.5 Å². The maximum atomic E-state index is 12.8. The average Bonchev–Trinajstić information content (AvgIpc) is 3.34. The first-order valence-corrected chi connectivity index (χ1v) is 10.1. The molecule has 1 aliphatic carbocycles. The maximum Gasteiger partial charge on any atom is 0.316 e. The van der Waals surface area contributed by atoms with E-state index in [0.717, 1.165) is 25.7 Å². The summed E-state index contributed by atoms with van der Waals surface area (Å²) in [4.78, 5) is 39.2. The Kier molecular flexibility index (Phi) is 4.16. The van der Waals surface area contributed by atoms with Gasteiger partial charge in [0.05, 0.1) is 11.0 Å². The Morgan fingerprint density at radius 2 is 1.87 bits per heavy atom. The number of fused-ring (bicyclic) bond motifs is 2. The quantitative estimate of drug-likeness (QED) is 0.650. The minimum atomic E-state index is -0.710. The van der Waals surface area contributed by atoms with Gasteiger partial charge in [0.25, 0.3) is 11.7 Å². The Morgan fingerprint density at radius 3 is 2.63 bits per heavy atom. The second-order valence-corrected chi connectivity index (χ2v) is 7.67. The molecule has 1 fully saturated rings. The van der Waals surface area contributed by atoms with Crippen LogP contribution in [0.4, 0.5) is 5.69 Å². The highest BCUT2D eigenvalue weighted by Crippen LogP contribution is 2.47. The summed E-state index contributed by atoms with van der Waals surface area (Å²) in [6, 6.07) is 10.2. The summed E-state index contributed by atoms with van der Waals surface area (Å²) < 4.78 is 13.4. The van der Waals surface area contributed by atoms with E-state index in [2.05, 4.69) is 10.3 Å². The Balaban J connectivity index is 1.41. The highest BCUT2D eigenvalue weighted by molar-refractivity contribution is 6.06. The zero-order valence-corrected chi connectivity index (χ0v) is 16.5. The van der Waals surface area contributed by atoms with Crippen molar-refractivity contribution in [2.75, 3.05) is 5.32 Å². The number of hydrogen-bond acceptors (Lipinski definition) is 5. The third-order valence-electron chi connectivity index (χ3n) is 5.71. The topological polar surface area (TPSA) is 102 Å². The van der Waals surface area contributed by atoms with E-state index in [1.165, 1.54) is 4.57 Å². The molecule has 154 valence electrons. The maximum absolute atomic E-state index is 12.8. The molecule has 5 rings (SSSR count). The smallest absolute Gasteiger partial charge is 0.316 e. The lowest BCUT2D eigenvalue weighted by Gasteiger charge is -2.21. The Labute approximate surface area is 171 Å². The number of hydrogen-bond donors (Lipinski definition) is 2. The number of carbonyl (C=O) groups is 1. The molecular formula is C22H21N3O5. The van der Waals surface area contributed by atoms with Gasteiger partial charge in [0.1, 0.15) is 0 Å². The molecule has 30 heavy (non-hydrogen) atoms. The number of benzene rings is 2. The Hall–Kier alpha value is -3.55. The summed E-state index contributed by atoms with van der Waals surface area (Å²) in [5.74, 6) is 0.436. The van der Waals surface area contributed by atoms with Crippen molar-refractivity contribution in [3.63, 3.8) is 0 Å². The third-order valence-corrected chi connectivity index (χ3v) is 5.71. The monoisotopic (exact) mass is 407 g/mol. The molecule has 2 aromatic carbocycles. The van der Waals surface area contributed by atoms with Crippen LogP contribution in [0.1, 0.15) is 43.0 Å². The van der Waals surface area contributed by atoms with E-state index in [0.29, 0.717) is 40.3 Å². The zero-order valence-electron chi connectivity index (χ0n) is 16.5. The first-order chi connectivity index (χ1) is 14.5. The summed E-state index contributed by atoms with van der Waals surface area (Å²) >= 11 is 0. The van der Waals surface area contributed by atoms with Crippen molar-refractivity contribution in [1.82, 2.24) is 9.55 Å². The molecule has 0 saturated heterocycles. The summed E-state index contributed by atoms with van der Waals surface area (Å²) in [5.41, 5.74) is 0.640. The lowest BCUT2D eigenvalue weighted by Crippen LogP contribution is -2.36. The fraction of sp³-hybridized carbons (Fsp3) is 0.318. The second kappa shape index (κ2) is 6.76. The number of aryl methyl sites for hydroxylation is 1. The summed E-state index contributed by atoms with van der Waals surface area (Å²) in [5, 5.41) is 2.85. The van der Waals surface area contributed by atoms with Gasteiger partial charge in [-0.1, -0.05) is 0 Å². The van der Waals surface area contributed by atoms with E-state index >= 15 is 0 Å². The van der Waals surface area contributed by atoms with Gasteiger partial charge in [0, 0.05) is 36.7 Å². The molecule has 3 aromatic rings. The molecule has 2 aliphatic rings. The Morgan fingerprint density at radius 1 is 1.10 bits per heavy atom. The zero-order chi connectivity index (χ0) is 20.9.